The third-order valence-electron chi connectivity index (χ3n) is 6.90. The highest BCUT2D eigenvalue weighted by atomic mass is 19.3. The molecule has 1 unspecified atom stereocenters. The van der Waals surface area contributed by atoms with Crippen molar-refractivity contribution in [3.63, 3.8) is 0 Å². The van der Waals surface area contributed by atoms with E-state index >= 15 is 0 Å². The monoisotopic (exact) mass is 508 g/mol. The average molecular weight is 509 g/mol. The first-order valence-electron chi connectivity index (χ1n) is 12.6. The number of carbonyl (C=O) groups is 1. The topological polar surface area (TPSA) is 67.8 Å². The lowest BCUT2D eigenvalue weighted by Gasteiger charge is -2.43. The zero-order valence-corrected chi connectivity index (χ0v) is 20.5. The molecule has 5 rings (SSSR count). The number of hydrogen-bond donors (Lipinski definition) is 0. The fourth-order valence-electron chi connectivity index (χ4n) is 4.78. The van der Waals surface area contributed by atoms with Crippen LogP contribution in [0.3, 0.4) is 0 Å². The minimum Gasteiger partial charge on any atom is -0.486 e. The molecule has 2 aliphatic rings. The van der Waals surface area contributed by atoms with Gasteiger partial charge < -0.3 is 19.3 Å². The number of halogens is 2. The van der Waals surface area contributed by atoms with Crippen molar-refractivity contribution >= 4 is 11.6 Å². The van der Waals surface area contributed by atoms with Gasteiger partial charge in [0.05, 0.1) is 18.6 Å². The summed E-state index contributed by atoms with van der Waals surface area (Å²) in [5.74, 6) is 0.868. The summed E-state index contributed by atoms with van der Waals surface area (Å²) >= 11 is 0. The van der Waals surface area contributed by atoms with Crippen LogP contribution in [0.25, 0.3) is 0 Å². The molecule has 3 aromatic rings. The number of carbonyl (C=O) groups excluding carboxylic acids is 1. The second-order valence-corrected chi connectivity index (χ2v) is 9.40. The van der Waals surface area contributed by atoms with Gasteiger partial charge in [-0.2, -0.15) is 8.78 Å². The molecule has 0 bridgehead atoms. The fraction of sp³-hybridized carbons (Fsp3) is 0.393. The number of alkyl halides is 2. The van der Waals surface area contributed by atoms with Gasteiger partial charge in [0.15, 0.2) is 11.5 Å². The fourth-order valence-corrected chi connectivity index (χ4v) is 4.78. The summed E-state index contributed by atoms with van der Waals surface area (Å²) in [4.78, 5) is 25.8. The maximum absolute atomic E-state index is 13.3. The largest absolute Gasteiger partial charge is 0.486 e. The summed E-state index contributed by atoms with van der Waals surface area (Å²) in [6.45, 7) is -1.20. The van der Waals surface area contributed by atoms with Crippen LogP contribution in [-0.2, 0) is 17.6 Å². The van der Waals surface area contributed by atoms with Crippen molar-refractivity contribution < 1.29 is 23.0 Å². The minimum absolute atomic E-state index is 0.0125. The highest BCUT2D eigenvalue weighted by Gasteiger charge is 2.32. The molecule has 0 radical (unpaired) electrons. The molecule has 37 heavy (non-hydrogen) atoms. The number of piperazine rings is 1. The Morgan fingerprint density at radius 2 is 1.78 bits per heavy atom. The summed E-state index contributed by atoms with van der Waals surface area (Å²) in [6.07, 6.45) is 7.02. The summed E-state index contributed by atoms with van der Waals surface area (Å²) in [5.41, 5.74) is 1.99. The van der Waals surface area contributed by atoms with E-state index in [4.69, 9.17) is 9.47 Å². The normalized spacial score (nSPS) is 18.0. The lowest BCUT2D eigenvalue weighted by Crippen LogP contribution is -2.56. The maximum atomic E-state index is 13.3. The number of amides is 1. The molecule has 1 saturated heterocycles. The Bertz CT molecular complexity index is 1180. The molecule has 7 nitrogen and oxygen atoms in total. The number of anilines is 1. The van der Waals surface area contributed by atoms with Crippen LogP contribution in [0, 0.1) is 0 Å². The Labute approximate surface area is 215 Å². The van der Waals surface area contributed by atoms with E-state index in [1.807, 2.05) is 23.1 Å². The number of nitrogens with zero attached hydrogens (tertiary/aromatic N) is 4. The predicted molar refractivity (Wildman–Crippen MR) is 135 cm³/mol. The van der Waals surface area contributed by atoms with Crippen LogP contribution in [0.4, 0.5) is 14.5 Å². The number of benzene rings is 2. The van der Waals surface area contributed by atoms with Gasteiger partial charge in [0, 0.05) is 43.8 Å². The number of hydrogen-bond acceptors (Lipinski definition) is 6. The summed E-state index contributed by atoms with van der Waals surface area (Å²) < 4.78 is 36.7. The molecular formula is C28H30F2N4O3. The van der Waals surface area contributed by atoms with Crippen molar-refractivity contribution in [2.24, 2.45) is 0 Å². The Kier molecular flexibility index (Phi) is 7.77. The quantitative estimate of drug-likeness (QED) is 0.424. The van der Waals surface area contributed by atoms with Crippen LogP contribution in [-0.4, -0.2) is 59.2 Å². The molecule has 1 aliphatic heterocycles. The highest BCUT2D eigenvalue weighted by Crippen LogP contribution is 2.37. The third-order valence-corrected chi connectivity index (χ3v) is 6.90. The van der Waals surface area contributed by atoms with E-state index in [2.05, 4.69) is 27.0 Å². The van der Waals surface area contributed by atoms with E-state index in [1.165, 1.54) is 0 Å². The first-order chi connectivity index (χ1) is 18.0. The molecule has 1 aliphatic carbocycles. The Morgan fingerprint density at radius 3 is 2.49 bits per heavy atom. The molecule has 194 valence electrons. The zero-order valence-electron chi connectivity index (χ0n) is 20.5. The van der Waals surface area contributed by atoms with E-state index in [0.29, 0.717) is 37.6 Å². The molecule has 0 N–H and O–H groups in total. The third kappa shape index (κ3) is 6.34. The summed E-state index contributed by atoms with van der Waals surface area (Å²) in [5, 5.41) is 0. The lowest BCUT2D eigenvalue weighted by molar-refractivity contribution is -0.133. The highest BCUT2D eigenvalue weighted by molar-refractivity contribution is 5.78. The van der Waals surface area contributed by atoms with Gasteiger partial charge in [-0.05, 0) is 49.4 Å². The molecule has 1 saturated carbocycles. The Balaban J connectivity index is 1.36. The smallest absolute Gasteiger partial charge is 0.387 e. The van der Waals surface area contributed by atoms with Gasteiger partial charge in [-0.25, -0.2) is 9.97 Å². The van der Waals surface area contributed by atoms with Crippen LogP contribution in [0.15, 0.2) is 67.0 Å². The van der Waals surface area contributed by atoms with Gasteiger partial charge in [-0.3, -0.25) is 4.79 Å². The van der Waals surface area contributed by atoms with E-state index in [0.717, 1.165) is 30.5 Å². The van der Waals surface area contributed by atoms with Gasteiger partial charge in [0.25, 0.3) is 0 Å². The summed E-state index contributed by atoms with van der Waals surface area (Å²) in [7, 11) is 0. The first-order valence-corrected chi connectivity index (χ1v) is 12.6. The van der Waals surface area contributed by atoms with Crippen molar-refractivity contribution in [3.8, 4) is 11.5 Å². The molecular weight excluding hydrogens is 478 g/mol. The second kappa shape index (κ2) is 11.5. The van der Waals surface area contributed by atoms with Crippen molar-refractivity contribution in [2.45, 2.75) is 50.9 Å². The van der Waals surface area contributed by atoms with Crippen molar-refractivity contribution in [3.05, 3.63) is 78.4 Å². The van der Waals surface area contributed by atoms with Gasteiger partial charge in [0.1, 0.15) is 5.82 Å². The van der Waals surface area contributed by atoms with E-state index in [-0.39, 0.29) is 30.2 Å². The zero-order chi connectivity index (χ0) is 25.6. The van der Waals surface area contributed by atoms with Gasteiger partial charge in [-0.15, -0.1) is 0 Å². The molecule has 1 amide bonds. The SMILES string of the molecule is O=C(Cc1ncccn1)N1CCN(c2ccc(OC(F)F)c(OC3CCC3)c2)CC1Cc1ccccc1. The van der Waals surface area contributed by atoms with Gasteiger partial charge in [-0.1, -0.05) is 30.3 Å². The maximum Gasteiger partial charge on any atom is 0.387 e. The van der Waals surface area contributed by atoms with Crippen molar-refractivity contribution in [1.82, 2.24) is 14.9 Å². The predicted octanol–water partition coefficient (Wildman–Crippen LogP) is 4.51. The number of aromatic nitrogens is 2. The second-order valence-electron chi connectivity index (χ2n) is 9.40. The molecule has 1 atom stereocenters. The Hall–Kier alpha value is -3.75. The van der Waals surface area contributed by atoms with Crippen LogP contribution in [0.2, 0.25) is 0 Å². The number of rotatable bonds is 9. The molecule has 9 heteroatoms. The van der Waals surface area contributed by atoms with Gasteiger partial charge in [0.2, 0.25) is 5.91 Å². The average Bonchev–Trinajstić information content (AvgIpc) is 2.88. The molecule has 0 spiro atoms. The van der Waals surface area contributed by atoms with Gasteiger partial charge >= 0.3 is 6.61 Å². The van der Waals surface area contributed by atoms with E-state index in [9.17, 15) is 13.6 Å². The Morgan fingerprint density at radius 1 is 1.00 bits per heavy atom. The van der Waals surface area contributed by atoms with Crippen LogP contribution < -0.4 is 14.4 Å². The standard InChI is InChI=1S/C28H30F2N4O3/c29-28(30)37-24-11-10-21(17-25(24)36-23-8-4-9-23)33-14-15-34(27(35)18-26-31-12-5-13-32-26)22(19-33)16-20-6-2-1-3-7-20/h1-3,5-7,10-13,17,22-23,28H,4,8-9,14-16,18-19H2. The van der Waals surface area contributed by atoms with Crippen LogP contribution >= 0.6 is 0 Å². The minimum atomic E-state index is -2.92. The van der Waals surface area contributed by atoms with Crippen molar-refractivity contribution in [2.75, 3.05) is 24.5 Å². The molecule has 2 fully saturated rings. The van der Waals surface area contributed by atoms with Crippen LogP contribution in [0.5, 0.6) is 11.5 Å². The van der Waals surface area contributed by atoms with E-state index < -0.39 is 6.61 Å². The molecule has 2 aromatic carbocycles. The molecule has 2 heterocycles. The molecule has 1 aromatic heterocycles. The first kappa shape index (κ1) is 24.9. The summed E-state index contributed by atoms with van der Waals surface area (Å²) in [6, 6.07) is 16.8. The number of ether oxygens (including phenoxy) is 2. The van der Waals surface area contributed by atoms with Crippen LogP contribution in [0.1, 0.15) is 30.7 Å². The lowest BCUT2D eigenvalue weighted by atomic mass is 9.96. The van der Waals surface area contributed by atoms with E-state index in [1.54, 1.807) is 36.7 Å². The van der Waals surface area contributed by atoms with Crippen molar-refractivity contribution in [1.29, 1.82) is 0 Å².